The molecule has 0 heterocycles. The van der Waals surface area contributed by atoms with Gasteiger partial charge in [0, 0.05) is 18.1 Å². The first-order valence-corrected chi connectivity index (χ1v) is 5.06. The van der Waals surface area contributed by atoms with Crippen LogP contribution in [0.25, 0.3) is 0 Å². The van der Waals surface area contributed by atoms with Crippen LogP contribution in [0.5, 0.6) is 0 Å². The third kappa shape index (κ3) is 3.55. The average molecular weight is 170 g/mol. The normalized spacial score (nSPS) is 18.8. The Morgan fingerprint density at radius 3 is 2.33 bits per heavy atom. The van der Waals surface area contributed by atoms with Crippen LogP contribution in [0.15, 0.2) is 0 Å². The summed E-state index contributed by atoms with van der Waals surface area (Å²) in [4.78, 5) is 2.55. The van der Waals surface area contributed by atoms with Crippen molar-refractivity contribution in [2.45, 2.75) is 51.6 Å². The topological polar surface area (TPSA) is 29.3 Å². The molecule has 0 aromatic rings. The zero-order valence-electron chi connectivity index (χ0n) is 8.64. The van der Waals surface area contributed by atoms with Gasteiger partial charge < -0.3 is 10.6 Å². The monoisotopic (exact) mass is 170 g/mol. The second-order valence-corrected chi connectivity index (χ2v) is 4.60. The van der Waals surface area contributed by atoms with Crippen LogP contribution < -0.4 is 5.73 Å². The van der Waals surface area contributed by atoms with Crippen molar-refractivity contribution in [2.75, 3.05) is 13.1 Å². The summed E-state index contributed by atoms with van der Waals surface area (Å²) in [7, 11) is 0. The summed E-state index contributed by atoms with van der Waals surface area (Å²) < 4.78 is 0. The molecule has 0 unspecified atom stereocenters. The fraction of sp³-hybridized carbons (Fsp3) is 1.00. The quantitative estimate of drug-likeness (QED) is 0.679. The highest BCUT2D eigenvalue weighted by Gasteiger charge is 2.28. The minimum Gasteiger partial charge on any atom is -0.326 e. The highest BCUT2D eigenvalue weighted by atomic mass is 15.2. The van der Waals surface area contributed by atoms with Crippen LogP contribution in [0.4, 0.5) is 0 Å². The molecule has 0 amide bonds. The molecule has 0 aromatic heterocycles. The summed E-state index contributed by atoms with van der Waals surface area (Å²) in [6.45, 7) is 8.80. The summed E-state index contributed by atoms with van der Waals surface area (Å²) in [5.74, 6) is 0. The van der Waals surface area contributed by atoms with Gasteiger partial charge in [-0.05, 0) is 39.7 Å². The van der Waals surface area contributed by atoms with Crippen molar-refractivity contribution < 1.29 is 0 Å². The van der Waals surface area contributed by atoms with Crippen molar-refractivity contribution in [3.05, 3.63) is 0 Å². The molecule has 0 saturated heterocycles. The van der Waals surface area contributed by atoms with Gasteiger partial charge in [0.2, 0.25) is 0 Å². The molecular formula is C10H22N2. The van der Waals surface area contributed by atoms with Crippen molar-refractivity contribution >= 4 is 0 Å². The molecule has 0 radical (unpaired) electrons. The van der Waals surface area contributed by atoms with E-state index in [4.69, 9.17) is 5.73 Å². The Morgan fingerprint density at radius 1 is 1.42 bits per heavy atom. The van der Waals surface area contributed by atoms with E-state index in [1.165, 1.54) is 25.9 Å². The molecule has 1 rings (SSSR count). The highest BCUT2D eigenvalue weighted by molar-refractivity contribution is 4.85. The molecule has 12 heavy (non-hydrogen) atoms. The Morgan fingerprint density at radius 2 is 2.00 bits per heavy atom. The predicted octanol–water partition coefficient (Wildman–Crippen LogP) is 1.60. The van der Waals surface area contributed by atoms with E-state index in [0.29, 0.717) is 0 Å². The second kappa shape index (κ2) is 3.75. The molecule has 0 aromatic carbocycles. The van der Waals surface area contributed by atoms with E-state index in [9.17, 15) is 0 Å². The molecule has 1 aliphatic rings. The Hall–Kier alpha value is -0.0800. The van der Waals surface area contributed by atoms with Gasteiger partial charge in [-0.1, -0.05) is 6.92 Å². The molecule has 1 aliphatic carbocycles. The van der Waals surface area contributed by atoms with E-state index in [1.807, 2.05) is 0 Å². The van der Waals surface area contributed by atoms with Gasteiger partial charge in [0.1, 0.15) is 0 Å². The van der Waals surface area contributed by atoms with Crippen molar-refractivity contribution in [2.24, 2.45) is 5.73 Å². The molecule has 0 aliphatic heterocycles. The Kier molecular flexibility index (Phi) is 3.13. The van der Waals surface area contributed by atoms with Crippen LogP contribution in [0.2, 0.25) is 0 Å². The highest BCUT2D eigenvalue weighted by Crippen LogP contribution is 2.26. The SMILES string of the molecule is CCN(CCC(C)(C)N)C1CC1. The van der Waals surface area contributed by atoms with E-state index >= 15 is 0 Å². The fourth-order valence-electron chi connectivity index (χ4n) is 1.47. The Labute approximate surface area is 76.1 Å². The minimum absolute atomic E-state index is 0.00229. The summed E-state index contributed by atoms with van der Waals surface area (Å²) in [6, 6.07) is 0.886. The Bertz CT molecular complexity index is 133. The van der Waals surface area contributed by atoms with Gasteiger partial charge in [-0.3, -0.25) is 0 Å². The number of nitrogens with two attached hydrogens (primary N) is 1. The lowest BCUT2D eigenvalue weighted by Crippen LogP contribution is -2.38. The number of nitrogens with zero attached hydrogens (tertiary/aromatic N) is 1. The van der Waals surface area contributed by atoms with Crippen molar-refractivity contribution in [3.63, 3.8) is 0 Å². The summed E-state index contributed by atoms with van der Waals surface area (Å²) in [5, 5.41) is 0. The van der Waals surface area contributed by atoms with E-state index in [2.05, 4.69) is 25.7 Å². The van der Waals surface area contributed by atoms with Gasteiger partial charge in [-0.25, -0.2) is 0 Å². The van der Waals surface area contributed by atoms with Crippen molar-refractivity contribution in [3.8, 4) is 0 Å². The fourth-order valence-corrected chi connectivity index (χ4v) is 1.47. The van der Waals surface area contributed by atoms with E-state index < -0.39 is 0 Å². The Balaban J connectivity index is 2.19. The molecule has 2 N–H and O–H groups in total. The van der Waals surface area contributed by atoms with Gasteiger partial charge in [-0.15, -0.1) is 0 Å². The third-order valence-corrected chi connectivity index (χ3v) is 2.51. The van der Waals surface area contributed by atoms with E-state index in [-0.39, 0.29) is 5.54 Å². The van der Waals surface area contributed by atoms with Crippen LogP contribution in [-0.4, -0.2) is 29.6 Å². The van der Waals surface area contributed by atoms with Gasteiger partial charge in [0.25, 0.3) is 0 Å². The largest absolute Gasteiger partial charge is 0.326 e. The average Bonchev–Trinajstić information content (AvgIpc) is 2.70. The smallest absolute Gasteiger partial charge is 0.0109 e. The molecular weight excluding hydrogens is 148 g/mol. The molecule has 1 fully saturated rings. The standard InChI is InChI=1S/C10H22N2/c1-4-12(9-5-6-9)8-7-10(2,3)11/h9H,4-8,11H2,1-3H3. The first kappa shape index (κ1) is 10.0. The zero-order chi connectivity index (χ0) is 9.19. The summed E-state index contributed by atoms with van der Waals surface area (Å²) in [5.41, 5.74) is 5.93. The lowest BCUT2D eigenvalue weighted by atomic mass is 10.0. The molecule has 2 heteroatoms. The number of rotatable bonds is 5. The molecule has 0 bridgehead atoms. The molecule has 0 atom stereocenters. The predicted molar refractivity (Wildman–Crippen MR) is 53.2 cm³/mol. The van der Waals surface area contributed by atoms with Gasteiger partial charge in [-0.2, -0.15) is 0 Å². The first-order valence-electron chi connectivity index (χ1n) is 5.06. The third-order valence-electron chi connectivity index (χ3n) is 2.51. The summed E-state index contributed by atoms with van der Waals surface area (Å²) >= 11 is 0. The van der Waals surface area contributed by atoms with Gasteiger partial charge >= 0.3 is 0 Å². The van der Waals surface area contributed by atoms with Crippen LogP contribution in [0.3, 0.4) is 0 Å². The molecule has 1 saturated carbocycles. The molecule has 2 nitrogen and oxygen atoms in total. The van der Waals surface area contributed by atoms with Crippen LogP contribution >= 0.6 is 0 Å². The van der Waals surface area contributed by atoms with E-state index in [1.54, 1.807) is 0 Å². The van der Waals surface area contributed by atoms with Crippen LogP contribution in [0, 0.1) is 0 Å². The van der Waals surface area contributed by atoms with Crippen LogP contribution in [-0.2, 0) is 0 Å². The van der Waals surface area contributed by atoms with Gasteiger partial charge in [0.15, 0.2) is 0 Å². The van der Waals surface area contributed by atoms with Crippen LogP contribution in [0.1, 0.15) is 40.0 Å². The number of hydrogen-bond acceptors (Lipinski definition) is 2. The van der Waals surface area contributed by atoms with Crippen molar-refractivity contribution in [1.29, 1.82) is 0 Å². The molecule has 72 valence electrons. The first-order chi connectivity index (χ1) is 5.53. The van der Waals surface area contributed by atoms with E-state index in [0.717, 1.165) is 12.5 Å². The summed E-state index contributed by atoms with van der Waals surface area (Å²) in [6.07, 6.45) is 3.91. The number of hydrogen-bond donors (Lipinski definition) is 1. The lowest BCUT2D eigenvalue weighted by Gasteiger charge is -2.25. The zero-order valence-corrected chi connectivity index (χ0v) is 8.64. The maximum atomic E-state index is 5.93. The van der Waals surface area contributed by atoms with Gasteiger partial charge in [0.05, 0.1) is 0 Å². The maximum Gasteiger partial charge on any atom is 0.0109 e. The minimum atomic E-state index is 0.00229. The second-order valence-electron chi connectivity index (χ2n) is 4.60. The lowest BCUT2D eigenvalue weighted by molar-refractivity contribution is 0.251. The maximum absolute atomic E-state index is 5.93. The molecule has 0 spiro atoms. The van der Waals surface area contributed by atoms with Crippen molar-refractivity contribution in [1.82, 2.24) is 4.90 Å².